The molecule has 0 aliphatic rings. The van der Waals surface area contributed by atoms with Crippen LogP contribution in [0.25, 0.3) is 6.08 Å². The van der Waals surface area contributed by atoms with Crippen LogP contribution < -0.4 is 9.50 Å². The molecule has 0 radical (unpaired) electrons. The molecule has 0 saturated heterocycles. The molecule has 3 rings (SSSR count). The highest BCUT2D eigenvalue weighted by Crippen LogP contribution is 2.21. The predicted molar refractivity (Wildman–Crippen MR) is 122 cm³/mol. The quantitative estimate of drug-likeness (QED) is 0.218. The zero-order valence-corrected chi connectivity index (χ0v) is 18.4. The normalized spacial score (nSPS) is 11.4. The Hall–Kier alpha value is -3.16. The molecule has 0 bridgehead atoms. The molecule has 3 aromatic rings. The first-order valence-corrected chi connectivity index (χ1v) is 11.1. The minimum Gasteiger partial charge on any atom is -0.379 e. The SMILES string of the molecule is N#C/C(=C\c1cccc(OS(=O)(=O)c2ccccc2)c1)C(=O)Nc1cccc(I)c1. The number of nitrogens with one attached hydrogen (secondary N) is 1. The summed E-state index contributed by atoms with van der Waals surface area (Å²) >= 11 is 2.12. The Bertz CT molecular complexity index is 1250. The summed E-state index contributed by atoms with van der Waals surface area (Å²) in [6.45, 7) is 0. The lowest BCUT2D eigenvalue weighted by atomic mass is 10.1. The van der Waals surface area contributed by atoms with Gasteiger partial charge in [0, 0.05) is 9.26 Å². The number of carbonyl (C=O) groups excluding carboxylic acids is 1. The summed E-state index contributed by atoms with van der Waals surface area (Å²) < 4.78 is 30.9. The lowest BCUT2D eigenvalue weighted by Crippen LogP contribution is -2.13. The molecule has 8 heteroatoms. The van der Waals surface area contributed by atoms with Crippen molar-refractivity contribution in [2.45, 2.75) is 4.90 Å². The summed E-state index contributed by atoms with van der Waals surface area (Å²) in [7, 11) is -3.99. The molecule has 30 heavy (non-hydrogen) atoms. The molecule has 0 fully saturated rings. The Balaban J connectivity index is 1.81. The molecule has 0 unspecified atom stereocenters. The number of hydrogen-bond acceptors (Lipinski definition) is 5. The summed E-state index contributed by atoms with van der Waals surface area (Å²) in [5.41, 5.74) is 0.890. The Morgan fingerprint density at radius 3 is 2.43 bits per heavy atom. The number of benzene rings is 3. The van der Waals surface area contributed by atoms with Crippen LogP contribution in [0.3, 0.4) is 0 Å². The molecular formula is C22H15IN2O4S. The smallest absolute Gasteiger partial charge is 0.339 e. The van der Waals surface area contributed by atoms with E-state index in [0.29, 0.717) is 11.3 Å². The number of nitriles is 1. The highest BCUT2D eigenvalue weighted by atomic mass is 127. The van der Waals surface area contributed by atoms with Crippen LogP contribution in [0.1, 0.15) is 5.56 Å². The van der Waals surface area contributed by atoms with Gasteiger partial charge >= 0.3 is 10.1 Å². The number of nitrogens with zero attached hydrogens (tertiary/aromatic N) is 1. The van der Waals surface area contributed by atoms with E-state index in [9.17, 15) is 18.5 Å². The summed E-state index contributed by atoms with van der Waals surface area (Å²) in [6, 6.07) is 22.9. The van der Waals surface area contributed by atoms with Crippen LogP contribution in [0.5, 0.6) is 5.75 Å². The molecule has 0 aliphatic heterocycles. The average molecular weight is 530 g/mol. The fraction of sp³-hybridized carbons (Fsp3) is 0. The van der Waals surface area contributed by atoms with Gasteiger partial charge in [-0.2, -0.15) is 13.7 Å². The Morgan fingerprint density at radius 2 is 1.73 bits per heavy atom. The topological polar surface area (TPSA) is 96.3 Å². The van der Waals surface area contributed by atoms with Crippen LogP contribution >= 0.6 is 22.6 Å². The van der Waals surface area contributed by atoms with E-state index in [-0.39, 0.29) is 16.2 Å². The molecule has 3 aromatic carbocycles. The first kappa shape index (κ1) is 21.5. The number of hydrogen-bond donors (Lipinski definition) is 1. The first-order chi connectivity index (χ1) is 14.4. The number of rotatable bonds is 6. The Kier molecular flexibility index (Phi) is 6.87. The highest BCUT2D eigenvalue weighted by Gasteiger charge is 2.16. The van der Waals surface area contributed by atoms with Gasteiger partial charge in [-0.15, -0.1) is 0 Å². The molecule has 0 aromatic heterocycles. The molecule has 0 heterocycles. The second-order valence-corrected chi connectivity index (χ2v) is 8.85. The van der Waals surface area contributed by atoms with Crippen molar-refractivity contribution in [3.8, 4) is 11.8 Å². The molecule has 150 valence electrons. The molecule has 0 spiro atoms. The van der Waals surface area contributed by atoms with Crippen molar-refractivity contribution in [1.82, 2.24) is 0 Å². The standard InChI is InChI=1S/C22H15IN2O4S/c23-18-7-5-8-19(14-18)25-22(26)17(15-24)12-16-6-4-9-20(13-16)29-30(27,28)21-10-2-1-3-11-21/h1-14H,(H,25,26)/b17-12+. The number of halogens is 1. The van der Waals surface area contributed by atoms with Crippen molar-refractivity contribution < 1.29 is 17.4 Å². The van der Waals surface area contributed by atoms with Crippen LogP contribution in [-0.4, -0.2) is 14.3 Å². The van der Waals surface area contributed by atoms with E-state index >= 15 is 0 Å². The maximum Gasteiger partial charge on any atom is 0.339 e. The van der Waals surface area contributed by atoms with Crippen LogP contribution in [0, 0.1) is 14.9 Å². The van der Waals surface area contributed by atoms with Crippen LogP contribution in [-0.2, 0) is 14.9 Å². The highest BCUT2D eigenvalue weighted by molar-refractivity contribution is 14.1. The van der Waals surface area contributed by atoms with Crippen LogP contribution in [0.4, 0.5) is 5.69 Å². The van der Waals surface area contributed by atoms with Gasteiger partial charge in [-0.1, -0.05) is 36.4 Å². The predicted octanol–water partition coefficient (Wildman–Crippen LogP) is 4.60. The zero-order chi connectivity index (χ0) is 21.6. The second-order valence-electron chi connectivity index (χ2n) is 6.06. The monoisotopic (exact) mass is 530 g/mol. The molecule has 0 aliphatic carbocycles. The van der Waals surface area contributed by atoms with Gasteiger partial charge in [0.15, 0.2) is 0 Å². The summed E-state index contributed by atoms with van der Waals surface area (Å²) in [4.78, 5) is 12.5. The average Bonchev–Trinajstić information content (AvgIpc) is 2.72. The Morgan fingerprint density at radius 1 is 1.00 bits per heavy atom. The second kappa shape index (κ2) is 9.56. The van der Waals surface area contributed by atoms with Crippen molar-refractivity contribution >= 4 is 50.4 Å². The van der Waals surface area contributed by atoms with Crippen molar-refractivity contribution in [3.63, 3.8) is 0 Å². The van der Waals surface area contributed by atoms with E-state index in [1.54, 1.807) is 48.5 Å². The van der Waals surface area contributed by atoms with Gasteiger partial charge in [0.25, 0.3) is 5.91 Å². The van der Waals surface area contributed by atoms with E-state index in [4.69, 9.17) is 4.18 Å². The van der Waals surface area contributed by atoms with Gasteiger partial charge in [-0.05, 0) is 76.7 Å². The van der Waals surface area contributed by atoms with Crippen molar-refractivity contribution in [2.75, 3.05) is 5.32 Å². The van der Waals surface area contributed by atoms with Crippen molar-refractivity contribution in [3.05, 3.63) is 93.6 Å². The third kappa shape index (κ3) is 5.68. The van der Waals surface area contributed by atoms with Crippen LogP contribution in [0.15, 0.2) is 89.3 Å². The molecule has 0 saturated carbocycles. The number of carbonyl (C=O) groups is 1. The maximum atomic E-state index is 12.4. The van der Waals surface area contributed by atoms with E-state index < -0.39 is 16.0 Å². The van der Waals surface area contributed by atoms with Crippen LogP contribution in [0.2, 0.25) is 0 Å². The molecule has 6 nitrogen and oxygen atoms in total. The Labute approximate surface area is 188 Å². The van der Waals surface area contributed by atoms with Gasteiger partial charge in [0.1, 0.15) is 22.3 Å². The van der Waals surface area contributed by atoms with Gasteiger partial charge in [0.2, 0.25) is 0 Å². The van der Waals surface area contributed by atoms with Crippen molar-refractivity contribution in [2.24, 2.45) is 0 Å². The van der Waals surface area contributed by atoms with E-state index in [1.807, 2.05) is 12.1 Å². The minimum atomic E-state index is -3.99. The lowest BCUT2D eigenvalue weighted by molar-refractivity contribution is -0.112. The third-order valence-corrected chi connectivity index (χ3v) is 5.79. The van der Waals surface area contributed by atoms with Gasteiger partial charge in [-0.3, -0.25) is 4.79 Å². The fourth-order valence-electron chi connectivity index (χ4n) is 2.50. The molecule has 0 atom stereocenters. The van der Waals surface area contributed by atoms with Gasteiger partial charge in [-0.25, -0.2) is 0 Å². The zero-order valence-electron chi connectivity index (χ0n) is 15.4. The largest absolute Gasteiger partial charge is 0.379 e. The number of anilines is 1. The van der Waals surface area contributed by atoms with Gasteiger partial charge in [0.05, 0.1) is 0 Å². The molecular weight excluding hydrogens is 515 g/mol. The number of amides is 1. The fourth-order valence-corrected chi connectivity index (χ4v) is 3.98. The first-order valence-electron chi connectivity index (χ1n) is 8.66. The van der Waals surface area contributed by atoms with E-state index in [1.165, 1.54) is 30.3 Å². The maximum absolute atomic E-state index is 12.4. The van der Waals surface area contributed by atoms with E-state index in [0.717, 1.165) is 3.57 Å². The third-order valence-electron chi connectivity index (χ3n) is 3.85. The summed E-state index contributed by atoms with van der Waals surface area (Å²) in [5, 5.41) is 12.1. The minimum absolute atomic E-state index is 0.0283. The molecule has 1 amide bonds. The summed E-state index contributed by atoms with van der Waals surface area (Å²) in [6.07, 6.45) is 1.37. The molecule has 1 N–H and O–H groups in total. The van der Waals surface area contributed by atoms with Gasteiger partial charge < -0.3 is 9.50 Å². The lowest BCUT2D eigenvalue weighted by Gasteiger charge is -2.08. The summed E-state index contributed by atoms with van der Waals surface area (Å²) in [5.74, 6) is -0.495. The van der Waals surface area contributed by atoms with E-state index in [2.05, 4.69) is 27.9 Å². The van der Waals surface area contributed by atoms with Crippen molar-refractivity contribution in [1.29, 1.82) is 5.26 Å².